The van der Waals surface area contributed by atoms with Gasteiger partial charge in [-0.2, -0.15) is 0 Å². The van der Waals surface area contributed by atoms with Crippen molar-refractivity contribution in [2.45, 2.75) is 19.3 Å². The molecule has 7 aromatic carbocycles. The average Bonchev–Trinajstić information content (AvgIpc) is 3.43. The number of nitrogens with zero attached hydrogens (tertiary/aromatic N) is 2. The topological polar surface area (TPSA) is 8.17 Å². The maximum absolute atomic E-state index is 2.39. The Balaban J connectivity index is 1.31. The van der Waals surface area contributed by atoms with Crippen LogP contribution in [0.5, 0.6) is 0 Å². The molecule has 0 aliphatic rings. The van der Waals surface area contributed by atoms with Gasteiger partial charge < -0.3 is 9.47 Å². The Hall–Kier alpha value is -5.60. The van der Waals surface area contributed by atoms with E-state index in [1.54, 1.807) is 0 Å². The zero-order valence-electron chi connectivity index (χ0n) is 25.6. The van der Waals surface area contributed by atoms with Crippen molar-refractivity contribution in [3.63, 3.8) is 0 Å². The molecule has 1 heterocycles. The van der Waals surface area contributed by atoms with Gasteiger partial charge in [-0.25, -0.2) is 0 Å². The van der Waals surface area contributed by atoms with Crippen molar-refractivity contribution in [1.82, 2.24) is 4.57 Å². The van der Waals surface area contributed by atoms with E-state index in [1.807, 2.05) is 0 Å². The molecule has 0 radical (unpaired) electrons. The van der Waals surface area contributed by atoms with E-state index in [2.05, 4.69) is 193 Å². The van der Waals surface area contributed by atoms with Gasteiger partial charge in [0.25, 0.3) is 0 Å². The summed E-state index contributed by atoms with van der Waals surface area (Å²) in [6.45, 7) is 4.60. The summed E-state index contributed by atoms with van der Waals surface area (Å²) in [6, 6.07) is 61.5. The maximum Gasteiger partial charge on any atom is 0.0542 e. The van der Waals surface area contributed by atoms with Gasteiger partial charge in [0, 0.05) is 38.9 Å². The Labute approximate surface area is 264 Å². The van der Waals surface area contributed by atoms with Gasteiger partial charge in [0.05, 0.1) is 11.0 Å². The van der Waals surface area contributed by atoms with E-state index < -0.39 is 0 Å². The van der Waals surface area contributed by atoms with Gasteiger partial charge >= 0.3 is 0 Å². The largest absolute Gasteiger partial charge is 0.310 e. The van der Waals surface area contributed by atoms with Crippen molar-refractivity contribution < 1.29 is 0 Å². The van der Waals surface area contributed by atoms with Crippen LogP contribution < -0.4 is 4.90 Å². The molecule has 8 aromatic rings. The van der Waals surface area contributed by atoms with Gasteiger partial charge in [-0.3, -0.25) is 0 Å². The van der Waals surface area contributed by atoms with Gasteiger partial charge in [0.15, 0.2) is 0 Å². The van der Waals surface area contributed by atoms with Crippen molar-refractivity contribution >= 4 is 49.6 Å². The molecule has 0 bridgehead atoms. The minimum Gasteiger partial charge on any atom is -0.310 e. The van der Waals surface area contributed by atoms with Gasteiger partial charge in [-0.1, -0.05) is 123 Å². The molecule has 0 N–H and O–H groups in total. The number of aromatic nitrogens is 1. The van der Waals surface area contributed by atoms with Gasteiger partial charge in [-0.15, -0.1) is 0 Å². The molecule has 1 aromatic heterocycles. The molecule has 216 valence electrons. The summed E-state index contributed by atoms with van der Waals surface area (Å²) < 4.78 is 2.37. The van der Waals surface area contributed by atoms with Crippen molar-refractivity contribution in [1.29, 1.82) is 0 Å². The summed E-state index contributed by atoms with van der Waals surface area (Å²) in [7, 11) is 0. The fourth-order valence-corrected chi connectivity index (χ4v) is 6.77. The maximum atomic E-state index is 2.39. The first-order valence-corrected chi connectivity index (χ1v) is 15.6. The summed E-state index contributed by atoms with van der Waals surface area (Å²) in [4.78, 5) is 2.39. The third-order valence-electron chi connectivity index (χ3n) is 9.26. The molecule has 0 unspecified atom stereocenters. The number of hydrogen-bond acceptors (Lipinski definition) is 1. The lowest BCUT2D eigenvalue weighted by molar-refractivity contribution is 0.641. The normalized spacial score (nSPS) is 11.8. The van der Waals surface area contributed by atoms with Crippen LogP contribution >= 0.6 is 0 Å². The first-order chi connectivity index (χ1) is 22.1. The fourth-order valence-electron chi connectivity index (χ4n) is 6.77. The highest BCUT2D eigenvalue weighted by Gasteiger charge is 2.24. The smallest absolute Gasteiger partial charge is 0.0542 e. The lowest BCUT2D eigenvalue weighted by Gasteiger charge is -2.29. The highest BCUT2D eigenvalue weighted by molar-refractivity contribution is 6.10. The molecule has 0 fully saturated rings. The van der Waals surface area contributed by atoms with Crippen LogP contribution in [0.3, 0.4) is 0 Å². The minimum atomic E-state index is -0.105. The average molecular weight is 579 g/mol. The number of fused-ring (bicyclic) bond motifs is 4. The summed E-state index contributed by atoms with van der Waals surface area (Å²) in [5, 5.41) is 4.95. The number of hydrogen-bond donors (Lipinski definition) is 0. The van der Waals surface area contributed by atoms with E-state index in [4.69, 9.17) is 0 Å². The quantitative estimate of drug-likeness (QED) is 0.190. The van der Waals surface area contributed by atoms with Crippen LogP contribution in [-0.4, -0.2) is 4.57 Å². The zero-order valence-corrected chi connectivity index (χ0v) is 25.6. The molecular weight excluding hydrogens is 544 g/mol. The monoisotopic (exact) mass is 578 g/mol. The van der Waals surface area contributed by atoms with E-state index in [0.717, 1.165) is 17.1 Å². The number of rotatable bonds is 6. The van der Waals surface area contributed by atoms with Gasteiger partial charge in [0.1, 0.15) is 0 Å². The molecule has 0 atom stereocenters. The van der Waals surface area contributed by atoms with Gasteiger partial charge in [-0.05, 0) is 82.6 Å². The third-order valence-corrected chi connectivity index (χ3v) is 9.26. The molecule has 2 heteroatoms. The number of anilines is 3. The molecule has 0 saturated heterocycles. The lowest BCUT2D eigenvalue weighted by atomic mass is 9.78. The SMILES string of the molecule is CC(C)(c1ccccc1)c1ccc(N(c2ccc3ccccc3c2)c2ccc3c(c2)c2ccccc2n3-c2ccccc2)cc1. The summed E-state index contributed by atoms with van der Waals surface area (Å²) in [5.41, 5.74) is 9.46. The summed E-state index contributed by atoms with van der Waals surface area (Å²) in [5.74, 6) is 0. The molecule has 2 nitrogen and oxygen atoms in total. The highest BCUT2D eigenvalue weighted by atomic mass is 15.1. The second-order valence-electron chi connectivity index (χ2n) is 12.3. The van der Waals surface area contributed by atoms with Crippen molar-refractivity contribution in [2.24, 2.45) is 0 Å². The molecule has 0 aliphatic heterocycles. The number of para-hydroxylation sites is 2. The summed E-state index contributed by atoms with van der Waals surface area (Å²) in [6.07, 6.45) is 0. The van der Waals surface area contributed by atoms with Crippen LogP contribution in [-0.2, 0) is 5.41 Å². The van der Waals surface area contributed by atoms with Crippen molar-refractivity contribution in [2.75, 3.05) is 4.90 Å². The highest BCUT2D eigenvalue weighted by Crippen LogP contribution is 2.41. The molecule has 8 rings (SSSR count). The van der Waals surface area contributed by atoms with Crippen molar-refractivity contribution in [3.05, 3.63) is 181 Å². The van der Waals surface area contributed by atoms with Gasteiger partial charge in [0.2, 0.25) is 0 Å². The van der Waals surface area contributed by atoms with Crippen LogP contribution in [0.1, 0.15) is 25.0 Å². The molecule has 0 amide bonds. The minimum absolute atomic E-state index is 0.105. The standard InChI is InChI=1S/C43H34N2/c1-43(2,33-15-5-3-6-16-33)34-22-25-36(26-23-34)44(37-24-21-31-13-9-10-14-32(31)29-37)38-27-28-42-40(30-38)39-19-11-12-20-41(39)45(42)35-17-7-4-8-18-35/h3-30H,1-2H3. The molecule has 45 heavy (non-hydrogen) atoms. The van der Waals surface area contributed by atoms with Crippen LogP contribution in [0, 0.1) is 0 Å². The second-order valence-corrected chi connectivity index (χ2v) is 12.3. The Bertz CT molecular complexity index is 2280. The Morgan fingerprint density at radius 2 is 0.978 bits per heavy atom. The van der Waals surface area contributed by atoms with E-state index in [0.29, 0.717) is 0 Å². The Morgan fingerprint density at radius 1 is 0.422 bits per heavy atom. The number of benzene rings is 7. The molecule has 0 spiro atoms. The first-order valence-electron chi connectivity index (χ1n) is 15.6. The van der Waals surface area contributed by atoms with E-state index in [-0.39, 0.29) is 5.41 Å². The predicted octanol–water partition coefficient (Wildman–Crippen LogP) is 11.7. The Morgan fingerprint density at radius 3 is 1.76 bits per heavy atom. The van der Waals surface area contributed by atoms with Crippen molar-refractivity contribution in [3.8, 4) is 5.69 Å². The van der Waals surface area contributed by atoms with E-state index in [9.17, 15) is 0 Å². The first kappa shape index (κ1) is 27.0. The third kappa shape index (κ3) is 4.67. The molecule has 0 saturated carbocycles. The Kier molecular flexibility index (Phi) is 6.50. The van der Waals surface area contributed by atoms with Crippen LogP contribution in [0.4, 0.5) is 17.1 Å². The van der Waals surface area contributed by atoms with E-state index >= 15 is 0 Å². The van der Waals surface area contributed by atoms with Crippen LogP contribution in [0.25, 0.3) is 38.3 Å². The second kappa shape index (κ2) is 10.8. The van der Waals surface area contributed by atoms with Crippen LogP contribution in [0.15, 0.2) is 170 Å². The molecule has 0 aliphatic carbocycles. The lowest BCUT2D eigenvalue weighted by Crippen LogP contribution is -2.19. The summed E-state index contributed by atoms with van der Waals surface area (Å²) >= 11 is 0. The molecular formula is C43H34N2. The zero-order chi connectivity index (χ0) is 30.4. The van der Waals surface area contributed by atoms with E-state index in [1.165, 1.54) is 49.4 Å². The fraction of sp³-hybridized carbons (Fsp3) is 0.0698. The predicted molar refractivity (Wildman–Crippen MR) is 192 cm³/mol. The van der Waals surface area contributed by atoms with Crippen LogP contribution in [0.2, 0.25) is 0 Å².